The number of ether oxygens (including phenoxy) is 1. The van der Waals surface area contributed by atoms with Crippen molar-refractivity contribution in [1.82, 2.24) is 0 Å². The Morgan fingerprint density at radius 2 is 1.57 bits per heavy atom. The maximum atomic E-state index is 13.7. The molecule has 0 saturated heterocycles. The molecule has 6 heteroatoms. The lowest BCUT2D eigenvalue weighted by molar-refractivity contribution is -0.134. The molecule has 1 aliphatic rings. The van der Waals surface area contributed by atoms with Gasteiger partial charge >= 0.3 is 11.9 Å². The van der Waals surface area contributed by atoms with Crippen molar-refractivity contribution in [1.29, 1.82) is 0 Å². The fraction of sp³-hybridized carbons (Fsp3) is 0.258. The van der Waals surface area contributed by atoms with Crippen LogP contribution >= 0.6 is 0 Å². The van der Waals surface area contributed by atoms with E-state index in [0.29, 0.717) is 6.54 Å². The number of methoxy groups -OCH3 is 1. The van der Waals surface area contributed by atoms with Gasteiger partial charge in [-0.15, -0.1) is 0 Å². The number of carboxylic acids is 1. The monoisotopic (exact) mass is 497 g/mol. The first-order chi connectivity index (χ1) is 17.9. The van der Waals surface area contributed by atoms with E-state index in [4.69, 9.17) is 5.11 Å². The Morgan fingerprint density at radius 3 is 2.19 bits per heavy atom. The van der Waals surface area contributed by atoms with Crippen LogP contribution in [-0.2, 0) is 20.9 Å². The summed E-state index contributed by atoms with van der Waals surface area (Å²) in [6.45, 7) is 0.428. The normalized spacial score (nSPS) is 13.9. The molecular formula is C31H31NO5. The molecule has 3 aromatic carbocycles. The first-order valence-electron chi connectivity index (χ1n) is 12.5. The maximum absolute atomic E-state index is 13.7. The van der Waals surface area contributed by atoms with E-state index in [0.717, 1.165) is 53.6 Å². The summed E-state index contributed by atoms with van der Waals surface area (Å²) in [7, 11) is 1.34. The summed E-state index contributed by atoms with van der Waals surface area (Å²) in [5, 5.41) is 9.13. The molecular weight excluding hydrogens is 466 g/mol. The minimum Gasteiger partial charge on any atom is -0.478 e. The summed E-state index contributed by atoms with van der Waals surface area (Å²) in [4.78, 5) is 38.2. The highest BCUT2D eigenvalue weighted by atomic mass is 16.5. The molecule has 1 fully saturated rings. The molecule has 0 aliphatic heterocycles. The highest BCUT2D eigenvalue weighted by Gasteiger charge is 2.27. The number of carbonyl (C=O) groups is 3. The van der Waals surface area contributed by atoms with Crippen LogP contribution in [-0.4, -0.2) is 30.1 Å². The van der Waals surface area contributed by atoms with Crippen LogP contribution in [0.4, 0.5) is 5.69 Å². The van der Waals surface area contributed by atoms with E-state index in [2.05, 4.69) is 4.74 Å². The average Bonchev–Trinajstić information content (AvgIpc) is 2.95. The summed E-state index contributed by atoms with van der Waals surface area (Å²) in [6.07, 6.45) is 8.18. The number of amides is 1. The minimum absolute atomic E-state index is 0.00930. The highest BCUT2D eigenvalue weighted by molar-refractivity contribution is 5.95. The zero-order chi connectivity index (χ0) is 26.2. The zero-order valence-corrected chi connectivity index (χ0v) is 20.9. The van der Waals surface area contributed by atoms with Gasteiger partial charge in [0.2, 0.25) is 5.91 Å². The molecule has 1 saturated carbocycles. The van der Waals surface area contributed by atoms with Crippen molar-refractivity contribution in [3.05, 3.63) is 95.6 Å². The highest BCUT2D eigenvalue weighted by Crippen LogP contribution is 2.30. The lowest BCUT2D eigenvalue weighted by Gasteiger charge is -2.30. The quantitative estimate of drug-likeness (QED) is 0.290. The summed E-state index contributed by atoms with van der Waals surface area (Å²) in [5.41, 5.74) is 4.74. The van der Waals surface area contributed by atoms with Crippen molar-refractivity contribution >= 4 is 29.6 Å². The predicted octanol–water partition coefficient (Wildman–Crippen LogP) is 6.35. The lowest BCUT2D eigenvalue weighted by atomic mass is 9.88. The van der Waals surface area contributed by atoms with E-state index in [1.807, 2.05) is 53.4 Å². The molecule has 37 heavy (non-hydrogen) atoms. The molecule has 1 amide bonds. The molecule has 4 rings (SSSR count). The van der Waals surface area contributed by atoms with Gasteiger partial charge in [0.25, 0.3) is 0 Å². The van der Waals surface area contributed by atoms with Gasteiger partial charge in [0.05, 0.1) is 19.2 Å². The summed E-state index contributed by atoms with van der Waals surface area (Å²) >= 11 is 0. The second kappa shape index (κ2) is 12.2. The van der Waals surface area contributed by atoms with Gasteiger partial charge in [-0.05, 0) is 65.4 Å². The molecule has 1 aliphatic carbocycles. The van der Waals surface area contributed by atoms with Crippen LogP contribution in [0.15, 0.2) is 78.9 Å². The Morgan fingerprint density at radius 1 is 0.919 bits per heavy atom. The third kappa shape index (κ3) is 6.73. The average molecular weight is 498 g/mol. The van der Waals surface area contributed by atoms with Crippen molar-refractivity contribution in [2.24, 2.45) is 5.92 Å². The standard InChI is InChI=1S/C31H31NO5/c1-37-29(33)19-12-22-6-5-9-28(20-22)32(30(34)26-7-3-2-4-8-26)21-23-10-13-24(14-11-23)25-15-17-27(18-16-25)31(35)36/h5-6,9-20,26H,2-4,7-8,21H2,1H3,(H,35,36)/b19-12+. The van der Waals surface area contributed by atoms with Crippen molar-refractivity contribution in [3.63, 3.8) is 0 Å². The minimum atomic E-state index is -0.950. The number of esters is 1. The molecule has 0 unspecified atom stereocenters. The number of hydrogen-bond donors (Lipinski definition) is 1. The Labute approximate surface area is 217 Å². The number of hydrogen-bond acceptors (Lipinski definition) is 4. The summed E-state index contributed by atoms with van der Waals surface area (Å²) in [6, 6.07) is 22.4. The third-order valence-corrected chi connectivity index (χ3v) is 6.78. The second-order valence-corrected chi connectivity index (χ2v) is 9.29. The Hall–Kier alpha value is -4.19. The molecule has 0 radical (unpaired) electrons. The molecule has 190 valence electrons. The van der Waals surface area contributed by atoms with E-state index in [-0.39, 0.29) is 17.4 Å². The van der Waals surface area contributed by atoms with Crippen LogP contribution in [0.25, 0.3) is 17.2 Å². The zero-order valence-electron chi connectivity index (χ0n) is 20.9. The summed E-state index contributed by atoms with van der Waals surface area (Å²) < 4.78 is 4.69. The first-order valence-corrected chi connectivity index (χ1v) is 12.5. The van der Waals surface area contributed by atoms with Crippen molar-refractivity contribution in [2.45, 2.75) is 38.6 Å². The van der Waals surface area contributed by atoms with E-state index in [1.54, 1.807) is 30.3 Å². The molecule has 3 aromatic rings. The van der Waals surface area contributed by atoms with Crippen LogP contribution < -0.4 is 4.90 Å². The predicted molar refractivity (Wildman–Crippen MR) is 144 cm³/mol. The molecule has 6 nitrogen and oxygen atoms in total. The fourth-order valence-corrected chi connectivity index (χ4v) is 4.69. The number of aromatic carboxylic acids is 1. The van der Waals surface area contributed by atoms with Crippen LogP contribution in [0.5, 0.6) is 0 Å². The number of carboxylic acid groups (broad SMARTS) is 1. The van der Waals surface area contributed by atoms with Gasteiger partial charge < -0.3 is 14.7 Å². The second-order valence-electron chi connectivity index (χ2n) is 9.29. The fourth-order valence-electron chi connectivity index (χ4n) is 4.69. The number of anilines is 1. The summed E-state index contributed by atoms with van der Waals surface area (Å²) in [5.74, 6) is -1.25. The molecule has 0 spiro atoms. The number of benzene rings is 3. The smallest absolute Gasteiger partial charge is 0.335 e. The largest absolute Gasteiger partial charge is 0.478 e. The van der Waals surface area contributed by atoms with Gasteiger partial charge in [-0.1, -0.05) is 67.8 Å². The van der Waals surface area contributed by atoms with E-state index in [1.165, 1.54) is 19.6 Å². The van der Waals surface area contributed by atoms with Crippen LogP contribution in [0.1, 0.15) is 53.6 Å². The SMILES string of the molecule is COC(=O)/C=C/c1cccc(N(Cc2ccc(-c3ccc(C(=O)O)cc3)cc2)C(=O)C2CCCCC2)c1. The molecule has 0 aromatic heterocycles. The van der Waals surface area contributed by atoms with Crippen LogP contribution in [0.3, 0.4) is 0 Å². The Balaban J connectivity index is 1.59. The third-order valence-electron chi connectivity index (χ3n) is 6.78. The maximum Gasteiger partial charge on any atom is 0.335 e. The van der Waals surface area contributed by atoms with Gasteiger partial charge in [0, 0.05) is 17.7 Å². The first kappa shape index (κ1) is 25.9. The van der Waals surface area contributed by atoms with Gasteiger partial charge in [-0.2, -0.15) is 0 Å². The van der Waals surface area contributed by atoms with E-state index < -0.39 is 11.9 Å². The number of rotatable bonds is 8. The lowest BCUT2D eigenvalue weighted by Crippen LogP contribution is -2.36. The van der Waals surface area contributed by atoms with Crippen molar-refractivity contribution in [3.8, 4) is 11.1 Å². The number of nitrogens with zero attached hydrogens (tertiary/aromatic N) is 1. The van der Waals surface area contributed by atoms with Gasteiger partial charge in [-0.25, -0.2) is 9.59 Å². The van der Waals surface area contributed by atoms with E-state index >= 15 is 0 Å². The van der Waals surface area contributed by atoms with Crippen molar-refractivity contribution < 1.29 is 24.2 Å². The number of carbonyl (C=O) groups excluding carboxylic acids is 2. The Bertz CT molecular complexity index is 1270. The molecule has 0 atom stereocenters. The van der Waals surface area contributed by atoms with Crippen molar-refractivity contribution in [2.75, 3.05) is 12.0 Å². The van der Waals surface area contributed by atoms with Crippen LogP contribution in [0.2, 0.25) is 0 Å². The van der Waals surface area contributed by atoms with Gasteiger partial charge in [0.15, 0.2) is 0 Å². The topological polar surface area (TPSA) is 83.9 Å². The molecule has 0 heterocycles. The molecule has 1 N–H and O–H groups in total. The molecule has 0 bridgehead atoms. The Kier molecular flexibility index (Phi) is 8.52. The van der Waals surface area contributed by atoms with Gasteiger partial charge in [-0.3, -0.25) is 4.79 Å². The van der Waals surface area contributed by atoms with Crippen LogP contribution in [0, 0.1) is 5.92 Å². The van der Waals surface area contributed by atoms with Gasteiger partial charge in [0.1, 0.15) is 0 Å². The van der Waals surface area contributed by atoms with E-state index in [9.17, 15) is 14.4 Å².